The van der Waals surface area contributed by atoms with Crippen LogP contribution in [-0.2, 0) is 0 Å². The van der Waals surface area contributed by atoms with Crippen LogP contribution in [0.25, 0.3) is 0 Å². The average molecular weight is 164 g/mol. The number of fused-ring (bicyclic) bond motifs is 5. The van der Waals surface area contributed by atoms with Gasteiger partial charge in [0.15, 0.2) is 0 Å². The Morgan fingerprint density at radius 3 is 3.18 bits per heavy atom. The van der Waals surface area contributed by atoms with E-state index in [2.05, 4.69) is 6.08 Å². The minimum atomic E-state index is 0.811. The lowest BCUT2D eigenvalue weighted by molar-refractivity contribution is 0.405. The lowest BCUT2D eigenvalue weighted by Gasteiger charge is -2.27. The summed E-state index contributed by atoms with van der Waals surface area (Å²) in [5, 5.41) is 0.811. The van der Waals surface area contributed by atoms with Gasteiger partial charge in [0.25, 0.3) is 0 Å². The number of rotatable bonds is 0. The SMILES string of the molecule is [SiH3]C12CCC(C1)C1CCC=C12. The molecule has 0 aromatic heterocycles. The second-order valence-electron chi connectivity index (χ2n) is 4.91. The molecule has 2 bridgehead atoms. The molecule has 3 aliphatic carbocycles. The summed E-state index contributed by atoms with van der Waals surface area (Å²) in [5.74, 6) is 2.20. The van der Waals surface area contributed by atoms with E-state index in [1.165, 1.54) is 23.1 Å². The molecule has 3 aliphatic rings. The lowest BCUT2D eigenvalue weighted by Crippen LogP contribution is -2.14. The topological polar surface area (TPSA) is 0 Å². The van der Waals surface area contributed by atoms with Crippen LogP contribution in [0.5, 0.6) is 0 Å². The molecule has 0 heterocycles. The fraction of sp³-hybridized carbons (Fsp3) is 0.800. The van der Waals surface area contributed by atoms with Crippen LogP contribution in [-0.4, -0.2) is 10.2 Å². The molecule has 3 rings (SSSR count). The first-order valence-electron chi connectivity index (χ1n) is 5.00. The van der Waals surface area contributed by atoms with Crippen molar-refractivity contribution in [3.05, 3.63) is 11.6 Å². The maximum atomic E-state index is 2.58. The molecule has 1 heteroatoms. The van der Waals surface area contributed by atoms with Crippen molar-refractivity contribution in [3.8, 4) is 0 Å². The van der Waals surface area contributed by atoms with Crippen molar-refractivity contribution >= 4 is 10.2 Å². The Hall–Kier alpha value is -0.0431. The van der Waals surface area contributed by atoms with Crippen molar-refractivity contribution in [1.82, 2.24) is 0 Å². The normalized spacial score (nSPS) is 53.3. The highest BCUT2D eigenvalue weighted by molar-refractivity contribution is 6.18. The van der Waals surface area contributed by atoms with Gasteiger partial charge in [-0.05, 0) is 49.0 Å². The first kappa shape index (κ1) is 6.47. The molecule has 0 radical (unpaired) electrons. The Kier molecular flexibility index (Phi) is 1.07. The molecular weight excluding hydrogens is 148 g/mol. The lowest BCUT2D eigenvalue weighted by atomic mass is 9.85. The Morgan fingerprint density at radius 2 is 2.36 bits per heavy atom. The Labute approximate surface area is 71.5 Å². The predicted octanol–water partition coefficient (Wildman–Crippen LogP) is 1.66. The van der Waals surface area contributed by atoms with E-state index in [4.69, 9.17) is 0 Å². The fourth-order valence-electron chi connectivity index (χ4n) is 3.80. The van der Waals surface area contributed by atoms with Gasteiger partial charge in [0.2, 0.25) is 0 Å². The second kappa shape index (κ2) is 1.82. The van der Waals surface area contributed by atoms with Crippen LogP contribution in [0.15, 0.2) is 11.6 Å². The van der Waals surface area contributed by atoms with Crippen molar-refractivity contribution < 1.29 is 0 Å². The molecule has 0 amide bonds. The summed E-state index contributed by atoms with van der Waals surface area (Å²) < 4.78 is 0. The average Bonchev–Trinajstić information content (AvgIpc) is 2.53. The van der Waals surface area contributed by atoms with Crippen LogP contribution >= 0.6 is 0 Å². The van der Waals surface area contributed by atoms with Gasteiger partial charge in [-0.2, -0.15) is 0 Å². The van der Waals surface area contributed by atoms with Gasteiger partial charge in [-0.15, -0.1) is 0 Å². The molecule has 0 spiro atoms. The first-order chi connectivity index (χ1) is 5.30. The van der Waals surface area contributed by atoms with Crippen molar-refractivity contribution in [1.29, 1.82) is 0 Å². The Balaban J connectivity index is 2.08. The van der Waals surface area contributed by atoms with Gasteiger partial charge < -0.3 is 0 Å². The molecule has 60 valence electrons. The standard InChI is InChI=1S/C10H16Si/c11-10-5-4-7(6-10)8-2-1-3-9(8)10/h3,7-8H,1-2,4-6H2,11H3. The summed E-state index contributed by atoms with van der Waals surface area (Å²) in [6.07, 6.45) is 10.2. The van der Waals surface area contributed by atoms with Crippen molar-refractivity contribution in [2.75, 3.05) is 0 Å². The van der Waals surface area contributed by atoms with E-state index in [0.29, 0.717) is 0 Å². The van der Waals surface area contributed by atoms with Gasteiger partial charge in [0.1, 0.15) is 0 Å². The molecule has 2 fully saturated rings. The smallest absolute Gasteiger partial charge is 0.0158 e. The molecule has 0 aliphatic heterocycles. The fourth-order valence-corrected chi connectivity index (χ4v) is 5.19. The van der Waals surface area contributed by atoms with E-state index in [9.17, 15) is 0 Å². The summed E-state index contributed by atoms with van der Waals surface area (Å²) in [5.41, 5.74) is 1.92. The van der Waals surface area contributed by atoms with E-state index in [1.54, 1.807) is 19.3 Å². The predicted molar refractivity (Wildman–Crippen MR) is 50.8 cm³/mol. The molecule has 0 aromatic rings. The third-order valence-electron chi connectivity index (χ3n) is 4.29. The van der Waals surface area contributed by atoms with E-state index in [-0.39, 0.29) is 0 Å². The number of allylic oxidation sites excluding steroid dienone is 2. The molecule has 0 N–H and O–H groups in total. The Bertz CT molecular complexity index is 231. The van der Waals surface area contributed by atoms with Gasteiger partial charge >= 0.3 is 0 Å². The minimum Gasteiger partial charge on any atom is -0.0848 e. The summed E-state index contributed by atoms with van der Waals surface area (Å²) in [4.78, 5) is 0. The number of hydrogen-bond donors (Lipinski definition) is 0. The van der Waals surface area contributed by atoms with Crippen molar-refractivity contribution in [2.45, 2.75) is 37.1 Å². The van der Waals surface area contributed by atoms with Crippen LogP contribution in [0, 0.1) is 11.8 Å². The number of hydrogen-bond acceptors (Lipinski definition) is 0. The molecule has 0 aromatic carbocycles. The highest BCUT2D eigenvalue weighted by Crippen LogP contribution is 2.66. The molecule has 0 saturated heterocycles. The monoisotopic (exact) mass is 164 g/mol. The van der Waals surface area contributed by atoms with E-state index in [0.717, 1.165) is 16.9 Å². The van der Waals surface area contributed by atoms with Gasteiger partial charge in [-0.25, -0.2) is 0 Å². The zero-order valence-corrected chi connectivity index (χ0v) is 9.27. The molecule has 11 heavy (non-hydrogen) atoms. The maximum absolute atomic E-state index is 2.58. The molecule has 3 unspecified atom stereocenters. The van der Waals surface area contributed by atoms with Gasteiger partial charge in [0, 0.05) is 10.2 Å². The maximum Gasteiger partial charge on any atom is 0.0158 e. The largest absolute Gasteiger partial charge is 0.0848 e. The summed E-state index contributed by atoms with van der Waals surface area (Å²) >= 11 is 0. The third kappa shape index (κ3) is 0.658. The summed E-state index contributed by atoms with van der Waals surface area (Å²) in [7, 11) is 1.43. The summed E-state index contributed by atoms with van der Waals surface area (Å²) in [6.45, 7) is 0. The van der Waals surface area contributed by atoms with Gasteiger partial charge in [-0.1, -0.05) is 11.6 Å². The third-order valence-corrected chi connectivity index (χ3v) is 5.77. The van der Waals surface area contributed by atoms with Crippen molar-refractivity contribution in [2.24, 2.45) is 11.8 Å². The van der Waals surface area contributed by atoms with Crippen LogP contribution < -0.4 is 0 Å². The minimum absolute atomic E-state index is 0.811. The Morgan fingerprint density at radius 1 is 1.45 bits per heavy atom. The molecule has 3 atom stereocenters. The second-order valence-corrected chi connectivity index (χ2v) is 6.82. The first-order valence-corrected chi connectivity index (χ1v) is 6.00. The zero-order chi connectivity index (χ0) is 7.47. The van der Waals surface area contributed by atoms with Gasteiger partial charge in [-0.3, -0.25) is 0 Å². The van der Waals surface area contributed by atoms with Crippen LogP contribution in [0.4, 0.5) is 0 Å². The zero-order valence-electron chi connectivity index (χ0n) is 7.27. The molecule has 2 saturated carbocycles. The molecular formula is C10H16Si. The van der Waals surface area contributed by atoms with Crippen molar-refractivity contribution in [3.63, 3.8) is 0 Å². The quantitative estimate of drug-likeness (QED) is 0.377. The highest BCUT2D eigenvalue weighted by Gasteiger charge is 2.51. The van der Waals surface area contributed by atoms with Crippen LogP contribution in [0.1, 0.15) is 32.1 Å². The van der Waals surface area contributed by atoms with E-state index >= 15 is 0 Å². The van der Waals surface area contributed by atoms with E-state index < -0.39 is 0 Å². The van der Waals surface area contributed by atoms with Crippen LogP contribution in [0.2, 0.25) is 5.04 Å². The summed E-state index contributed by atoms with van der Waals surface area (Å²) in [6, 6.07) is 0. The van der Waals surface area contributed by atoms with Gasteiger partial charge in [0.05, 0.1) is 0 Å². The highest BCUT2D eigenvalue weighted by atomic mass is 28.1. The van der Waals surface area contributed by atoms with E-state index in [1.807, 2.05) is 5.57 Å². The molecule has 0 nitrogen and oxygen atoms in total. The van der Waals surface area contributed by atoms with Crippen LogP contribution in [0.3, 0.4) is 0 Å².